The number of fused-ring (bicyclic) bond motifs is 1. The fourth-order valence-electron chi connectivity index (χ4n) is 3.84. The van der Waals surface area contributed by atoms with Gasteiger partial charge in [-0.25, -0.2) is 4.39 Å². The Hall–Kier alpha value is -3.13. The number of hydrogen-bond donors (Lipinski definition) is 1. The quantitative estimate of drug-likeness (QED) is 0.578. The molecule has 1 amide bonds. The van der Waals surface area contributed by atoms with Gasteiger partial charge in [0.05, 0.1) is 18.2 Å². The van der Waals surface area contributed by atoms with Crippen LogP contribution >= 0.6 is 0 Å². The summed E-state index contributed by atoms with van der Waals surface area (Å²) in [6.07, 6.45) is 0.314. The van der Waals surface area contributed by atoms with E-state index in [2.05, 4.69) is 5.32 Å². The first kappa shape index (κ1) is 23.5. The highest BCUT2D eigenvalue weighted by Gasteiger charge is 2.28. The number of methoxy groups -OCH3 is 1. The van der Waals surface area contributed by atoms with Crippen molar-refractivity contribution in [2.75, 3.05) is 13.7 Å². The number of aryl methyl sites for hydroxylation is 2. The fraction of sp³-hybridized carbons (Fsp3) is 0.417. The number of aromatic nitrogens is 2. The normalized spacial score (nSPS) is 12.4. The number of pyridine rings is 1. The summed E-state index contributed by atoms with van der Waals surface area (Å²) in [7, 11) is 3.31. The van der Waals surface area contributed by atoms with Gasteiger partial charge >= 0.3 is 0 Å². The van der Waals surface area contributed by atoms with E-state index in [1.165, 1.54) is 12.1 Å². The van der Waals surface area contributed by atoms with Crippen LogP contribution in [0.15, 0.2) is 35.1 Å². The minimum absolute atomic E-state index is 0.223. The lowest BCUT2D eigenvalue weighted by Crippen LogP contribution is -2.36. The van der Waals surface area contributed by atoms with Crippen LogP contribution in [0, 0.1) is 5.82 Å². The molecule has 32 heavy (non-hydrogen) atoms. The van der Waals surface area contributed by atoms with Gasteiger partial charge in [-0.3, -0.25) is 14.2 Å². The first-order chi connectivity index (χ1) is 15.2. The molecule has 0 spiro atoms. The van der Waals surface area contributed by atoms with E-state index in [-0.39, 0.29) is 40.9 Å². The van der Waals surface area contributed by atoms with Crippen LogP contribution in [-0.2, 0) is 18.2 Å². The Balaban J connectivity index is 2.31. The van der Waals surface area contributed by atoms with Crippen molar-refractivity contribution in [3.63, 3.8) is 0 Å². The highest BCUT2D eigenvalue weighted by atomic mass is 19.1. The number of nitrogens with zero attached hydrogens (tertiary/aromatic N) is 2. The number of ether oxygens (including phenoxy) is 2. The molecule has 0 aliphatic carbocycles. The average molecular weight is 444 g/mol. The van der Waals surface area contributed by atoms with E-state index in [1.807, 2.05) is 33.8 Å². The summed E-state index contributed by atoms with van der Waals surface area (Å²) in [5.41, 5.74) is 1.85. The molecule has 1 N–H and O–H groups in total. The highest BCUT2D eigenvalue weighted by molar-refractivity contribution is 6.04. The summed E-state index contributed by atoms with van der Waals surface area (Å²) in [6.45, 7) is 7.81. The molecule has 0 radical (unpaired) electrons. The maximum absolute atomic E-state index is 13.7. The molecule has 1 aromatic carbocycles. The minimum atomic E-state index is -0.381. The predicted molar refractivity (Wildman–Crippen MR) is 122 cm³/mol. The van der Waals surface area contributed by atoms with Crippen molar-refractivity contribution in [3.05, 3.63) is 57.9 Å². The van der Waals surface area contributed by atoms with Crippen LogP contribution in [0.25, 0.3) is 16.6 Å². The zero-order valence-electron chi connectivity index (χ0n) is 19.4. The Labute approximate surface area is 186 Å². The summed E-state index contributed by atoms with van der Waals surface area (Å²) in [6, 6.07) is 7.42. The van der Waals surface area contributed by atoms with Gasteiger partial charge in [-0.2, -0.15) is 0 Å². The number of halogens is 1. The largest absolute Gasteiger partial charge is 0.488 e. The second-order valence-electron chi connectivity index (χ2n) is 8.10. The molecule has 2 heterocycles. The van der Waals surface area contributed by atoms with Crippen LogP contribution in [0.3, 0.4) is 0 Å². The van der Waals surface area contributed by atoms with Crippen molar-refractivity contribution in [2.24, 2.45) is 7.05 Å². The summed E-state index contributed by atoms with van der Waals surface area (Å²) >= 11 is 0. The minimum Gasteiger partial charge on any atom is -0.488 e. The van der Waals surface area contributed by atoms with E-state index in [0.717, 1.165) is 5.69 Å². The van der Waals surface area contributed by atoms with Gasteiger partial charge in [-0.15, -0.1) is 0 Å². The second-order valence-corrected chi connectivity index (χ2v) is 8.10. The van der Waals surface area contributed by atoms with Crippen molar-refractivity contribution in [1.82, 2.24) is 14.5 Å². The second kappa shape index (κ2) is 9.56. The summed E-state index contributed by atoms with van der Waals surface area (Å²) in [4.78, 5) is 26.9. The Morgan fingerprint density at radius 3 is 2.41 bits per heavy atom. The third-order valence-electron chi connectivity index (χ3n) is 5.21. The summed E-state index contributed by atoms with van der Waals surface area (Å²) in [5, 5.41) is 3.21. The van der Waals surface area contributed by atoms with Crippen LogP contribution in [0.2, 0.25) is 0 Å². The molecule has 0 saturated heterocycles. The molecule has 0 saturated carbocycles. The third-order valence-corrected chi connectivity index (χ3v) is 5.21. The maximum atomic E-state index is 13.7. The van der Waals surface area contributed by atoms with Crippen LogP contribution in [-0.4, -0.2) is 40.9 Å². The smallest absolute Gasteiger partial charge is 0.272 e. The molecule has 0 fully saturated rings. The third kappa shape index (κ3) is 4.41. The molecule has 0 aliphatic rings. The lowest BCUT2D eigenvalue weighted by Gasteiger charge is -2.16. The van der Waals surface area contributed by atoms with E-state index < -0.39 is 0 Å². The van der Waals surface area contributed by atoms with E-state index in [9.17, 15) is 14.0 Å². The Morgan fingerprint density at radius 1 is 1.19 bits per heavy atom. The number of nitrogens with one attached hydrogen (secondary N) is 1. The average Bonchev–Trinajstić information content (AvgIpc) is 3.00. The molecule has 172 valence electrons. The van der Waals surface area contributed by atoms with Gasteiger partial charge in [-0.1, -0.05) is 6.92 Å². The van der Waals surface area contributed by atoms with Crippen molar-refractivity contribution in [1.29, 1.82) is 0 Å². The van der Waals surface area contributed by atoms with Gasteiger partial charge in [0.1, 0.15) is 11.2 Å². The molecule has 1 atom stereocenters. The van der Waals surface area contributed by atoms with Crippen LogP contribution in [0.5, 0.6) is 5.75 Å². The monoisotopic (exact) mass is 443 g/mol. The zero-order valence-corrected chi connectivity index (χ0v) is 19.4. The highest BCUT2D eigenvalue weighted by Crippen LogP contribution is 2.32. The molecular weight excluding hydrogens is 413 g/mol. The first-order valence-corrected chi connectivity index (χ1v) is 10.7. The molecule has 0 aliphatic heterocycles. The van der Waals surface area contributed by atoms with E-state index in [4.69, 9.17) is 9.47 Å². The number of hydrogen-bond acceptors (Lipinski definition) is 4. The SMILES string of the molecule is CCc1cc2c(c(OC(C)C)c(C(=O)NC(C)COC)n2C)c(=O)n1-c1ccc(F)cc1. The van der Waals surface area contributed by atoms with Crippen molar-refractivity contribution in [3.8, 4) is 11.4 Å². The molecule has 0 bridgehead atoms. The summed E-state index contributed by atoms with van der Waals surface area (Å²) in [5.74, 6) is -0.494. The molecular formula is C24H30FN3O4. The summed E-state index contributed by atoms with van der Waals surface area (Å²) < 4.78 is 27.9. The number of amides is 1. The van der Waals surface area contributed by atoms with Crippen LogP contribution < -0.4 is 15.6 Å². The fourth-order valence-corrected chi connectivity index (χ4v) is 3.84. The Morgan fingerprint density at radius 2 is 1.84 bits per heavy atom. The van der Waals surface area contributed by atoms with Crippen molar-refractivity contribution >= 4 is 16.8 Å². The van der Waals surface area contributed by atoms with Gasteiger partial charge < -0.3 is 19.4 Å². The Bertz CT molecular complexity index is 1180. The van der Waals surface area contributed by atoms with Crippen molar-refractivity contribution < 1.29 is 18.7 Å². The molecule has 1 unspecified atom stereocenters. The number of carbonyl (C=O) groups is 1. The van der Waals surface area contributed by atoms with E-state index in [0.29, 0.717) is 29.6 Å². The van der Waals surface area contributed by atoms with E-state index >= 15 is 0 Å². The molecule has 8 heteroatoms. The number of carbonyl (C=O) groups excluding carboxylic acids is 1. The van der Waals surface area contributed by atoms with Gasteiger partial charge in [0, 0.05) is 31.6 Å². The zero-order chi connectivity index (χ0) is 23.6. The predicted octanol–water partition coefficient (Wildman–Crippen LogP) is 3.58. The van der Waals surface area contributed by atoms with Crippen LogP contribution in [0.4, 0.5) is 4.39 Å². The van der Waals surface area contributed by atoms with E-state index in [1.54, 1.807) is 35.4 Å². The standard InChI is InChI=1S/C24H30FN3O4/c1-7-17-12-19-20(24(30)28(17)18-10-8-16(25)9-11-18)22(32-14(2)3)21(27(19)5)23(29)26-15(4)13-31-6/h8-12,14-15H,7,13H2,1-6H3,(H,26,29). The van der Waals surface area contributed by atoms with Gasteiger partial charge in [0.15, 0.2) is 11.4 Å². The molecule has 3 aromatic rings. The number of benzene rings is 1. The molecule has 3 rings (SSSR count). The maximum Gasteiger partial charge on any atom is 0.272 e. The molecule has 2 aromatic heterocycles. The number of rotatable bonds is 8. The molecule has 7 nitrogen and oxygen atoms in total. The lowest BCUT2D eigenvalue weighted by molar-refractivity contribution is 0.0892. The lowest BCUT2D eigenvalue weighted by atomic mass is 10.2. The van der Waals surface area contributed by atoms with Crippen molar-refractivity contribution in [2.45, 2.75) is 46.3 Å². The topological polar surface area (TPSA) is 74.5 Å². The Kier molecular flexibility index (Phi) is 7.03. The van der Waals surface area contributed by atoms with Gasteiger partial charge in [-0.05, 0) is 57.5 Å². The van der Waals surface area contributed by atoms with Gasteiger partial charge in [0.25, 0.3) is 11.5 Å². The van der Waals surface area contributed by atoms with Gasteiger partial charge in [0.2, 0.25) is 0 Å². The van der Waals surface area contributed by atoms with Crippen LogP contribution in [0.1, 0.15) is 43.9 Å². The first-order valence-electron chi connectivity index (χ1n) is 10.7.